The Balaban J connectivity index is 2.14. The molecule has 9 nitrogen and oxygen atoms in total. The van der Waals surface area contributed by atoms with Crippen LogP contribution in [0.5, 0.6) is 17.2 Å². The number of piperidine rings is 1. The fourth-order valence-electron chi connectivity index (χ4n) is 3.76. The van der Waals surface area contributed by atoms with Gasteiger partial charge in [0.05, 0.1) is 38.9 Å². The van der Waals surface area contributed by atoms with Crippen molar-refractivity contribution in [3.8, 4) is 17.2 Å². The van der Waals surface area contributed by atoms with Crippen LogP contribution in [-0.2, 0) is 14.3 Å². The first-order valence-electron chi connectivity index (χ1n) is 11.6. The highest BCUT2D eigenvalue weighted by atomic mass is 16.5. The van der Waals surface area contributed by atoms with Crippen LogP contribution in [0.15, 0.2) is 12.1 Å². The summed E-state index contributed by atoms with van der Waals surface area (Å²) in [5, 5.41) is 0. The Bertz CT molecular complexity index is 800. The van der Waals surface area contributed by atoms with Gasteiger partial charge in [0.25, 0.3) is 5.91 Å². The molecule has 1 saturated heterocycles. The summed E-state index contributed by atoms with van der Waals surface area (Å²) in [5.41, 5.74) is 0.337. The molecular formula is C24H36N2O7. The van der Waals surface area contributed by atoms with Crippen LogP contribution in [0.4, 0.5) is 0 Å². The lowest BCUT2D eigenvalue weighted by atomic mass is 9.98. The molecule has 1 heterocycles. The van der Waals surface area contributed by atoms with Crippen molar-refractivity contribution in [3.63, 3.8) is 0 Å². The van der Waals surface area contributed by atoms with Gasteiger partial charge in [0, 0.05) is 25.7 Å². The van der Waals surface area contributed by atoms with Gasteiger partial charge in [0.1, 0.15) is 0 Å². The van der Waals surface area contributed by atoms with Gasteiger partial charge in [0.2, 0.25) is 11.7 Å². The maximum atomic E-state index is 13.1. The van der Waals surface area contributed by atoms with E-state index in [0.29, 0.717) is 68.7 Å². The van der Waals surface area contributed by atoms with E-state index in [4.69, 9.17) is 18.9 Å². The molecule has 1 aromatic rings. The third-order valence-corrected chi connectivity index (χ3v) is 5.27. The molecule has 0 N–H and O–H groups in total. The first-order chi connectivity index (χ1) is 15.9. The zero-order valence-corrected chi connectivity index (χ0v) is 20.3. The third-order valence-electron chi connectivity index (χ3n) is 5.27. The third kappa shape index (κ3) is 7.00. The molecule has 1 atom stereocenters. The Hall–Kier alpha value is -2.97. The van der Waals surface area contributed by atoms with E-state index in [-0.39, 0.29) is 30.2 Å². The van der Waals surface area contributed by atoms with E-state index in [0.717, 1.165) is 6.42 Å². The van der Waals surface area contributed by atoms with Gasteiger partial charge >= 0.3 is 5.97 Å². The lowest BCUT2D eigenvalue weighted by Crippen LogP contribution is -2.47. The second kappa shape index (κ2) is 12.9. The number of hydrogen-bond donors (Lipinski definition) is 0. The average Bonchev–Trinajstić information content (AvgIpc) is 2.81. The maximum Gasteiger partial charge on any atom is 0.310 e. The monoisotopic (exact) mass is 464 g/mol. The molecule has 0 spiro atoms. The van der Waals surface area contributed by atoms with E-state index >= 15 is 0 Å². The minimum Gasteiger partial charge on any atom is -0.490 e. The largest absolute Gasteiger partial charge is 0.490 e. The first kappa shape index (κ1) is 26.3. The van der Waals surface area contributed by atoms with Crippen molar-refractivity contribution < 1.29 is 33.3 Å². The normalized spacial score (nSPS) is 15.5. The maximum absolute atomic E-state index is 13.1. The van der Waals surface area contributed by atoms with E-state index in [1.54, 1.807) is 31.0 Å². The number of amides is 2. The second-order valence-corrected chi connectivity index (χ2v) is 7.69. The van der Waals surface area contributed by atoms with Gasteiger partial charge in [-0.15, -0.1) is 0 Å². The number of likely N-dealkylation sites (N-methyl/N-ethyl adjacent to an activating group) is 1. The topological polar surface area (TPSA) is 94.6 Å². The average molecular weight is 465 g/mol. The fourth-order valence-corrected chi connectivity index (χ4v) is 3.76. The number of rotatable bonds is 11. The summed E-state index contributed by atoms with van der Waals surface area (Å²) in [6.07, 6.45) is 1.42. The van der Waals surface area contributed by atoms with E-state index in [2.05, 4.69) is 0 Å². The van der Waals surface area contributed by atoms with Gasteiger partial charge in [-0.05, 0) is 52.7 Å². The molecule has 1 aliphatic heterocycles. The predicted octanol–water partition coefficient (Wildman–Crippen LogP) is 2.76. The minimum absolute atomic E-state index is 0.102. The first-order valence-corrected chi connectivity index (χ1v) is 11.6. The van der Waals surface area contributed by atoms with E-state index in [9.17, 15) is 14.4 Å². The number of ether oxygens (including phenoxy) is 4. The van der Waals surface area contributed by atoms with Crippen molar-refractivity contribution in [1.29, 1.82) is 0 Å². The van der Waals surface area contributed by atoms with E-state index < -0.39 is 0 Å². The smallest absolute Gasteiger partial charge is 0.310 e. The number of benzene rings is 1. The Morgan fingerprint density at radius 1 is 0.970 bits per heavy atom. The Morgan fingerprint density at radius 2 is 1.58 bits per heavy atom. The Morgan fingerprint density at radius 3 is 2.12 bits per heavy atom. The molecule has 0 aliphatic carbocycles. The van der Waals surface area contributed by atoms with Gasteiger partial charge < -0.3 is 28.7 Å². The van der Waals surface area contributed by atoms with Gasteiger partial charge in [-0.25, -0.2) is 0 Å². The Labute approximate surface area is 195 Å². The number of hydrogen-bond acceptors (Lipinski definition) is 7. The van der Waals surface area contributed by atoms with Crippen LogP contribution >= 0.6 is 0 Å². The van der Waals surface area contributed by atoms with Gasteiger partial charge in [-0.2, -0.15) is 0 Å². The number of likely N-dealkylation sites (tertiary alicyclic amines) is 1. The molecule has 2 rings (SSSR count). The summed E-state index contributed by atoms with van der Waals surface area (Å²) in [6, 6.07) is 3.22. The predicted molar refractivity (Wildman–Crippen MR) is 123 cm³/mol. The molecule has 0 saturated carbocycles. The van der Waals surface area contributed by atoms with Crippen LogP contribution in [0.2, 0.25) is 0 Å². The van der Waals surface area contributed by atoms with Gasteiger partial charge in [-0.1, -0.05) is 0 Å². The zero-order valence-electron chi connectivity index (χ0n) is 20.3. The molecule has 0 aromatic heterocycles. The highest BCUT2D eigenvalue weighted by molar-refractivity contribution is 5.97. The second-order valence-electron chi connectivity index (χ2n) is 7.69. The number of nitrogens with zero attached hydrogens (tertiary/aromatic N) is 2. The summed E-state index contributed by atoms with van der Waals surface area (Å²) in [6.45, 7) is 9.61. The molecule has 9 heteroatoms. The molecule has 184 valence electrons. The SMILES string of the molecule is CCOC(=O)C1CCCN(C(=O)CN(C)C(=O)c2cc(OCC)c(OCC)c(OCC)c2)C1. The zero-order chi connectivity index (χ0) is 24.4. The molecule has 1 aliphatic rings. The van der Waals surface area contributed by atoms with E-state index in [1.807, 2.05) is 20.8 Å². The van der Waals surface area contributed by atoms with Gasteiger partial charge in [0.15, 0.2) is 11.5 Å². The van der Waals surface area contributed by atoms with Crippen molar-refractivity contribution in [3.05, 3.63) is 17.7 Å². The van der Waals surface area contributed by atoms with Crippen LogP contribution in [0.25, 0.3) is 0 Å². The lowest BCUT2D eigenvalue weighted by Gasteiger charge is -2.32. The van der Waals surface area contributed by atoms with Crippen molar-refractivity contribution in [2.24, 2.45) is 5.92 Å². The summed E-state index contributed by atoms with van der Waals surface area (Å²) < 4.78 is 22.2. The van der Waals surface area contributed by atoms with Crippen LogP contribution in [-0.4, -0.2) is 80.7 Å². The van der Waals surface area contributed by atoms with E-state index in [1.165, 1.54) is 4.90 Å². The summed E-state index contributed by atoms with van der Waals surface area (Å²) in [7, 11) is 1.57. The van der Waals surface area contributed by atoms with Gasteiger partial charge in [-0.3, -0.25) is 14.4 Å². The molecular weight excluding hydrogens is 428 g/mol. The molecule has 1 fully saturated rings. The fraction of sp³-hybridized carbons (Fsp3) is 0.625. The van der Waals surface area contributed by atoms with Crippen molar-refractivity contribution in [2.75, 3.05) is 53.1 Å². The van der Waals surface area contributed by atoms with Crippen molar-refractivity contribution in [2.45, 2.75) is 40.5 Å². The molecule has 2 amide bonds. The number of carbonyl (C=O) groups is 3. The summed E-state index contributed by atoms with van der Waals surface area (Å²) >= 11 is 0. The van der Waals surface area contributed by atoms with Crippen LogP contribution in [0.1, 0.15) is 50.9 Å². The molecule has 33 heavy (non-hydrogen) atoms. The van der Waals surface area contributed by atoms with Crippen molar-refractivity contribution >= 4 is 17.8 Å². The number of carbonyl (C=O) groups excluding carboxylic acids is 3. The summed E-state index contributed by atoms with van der Waals surface area (Å²) in [4.78, 5) is 41.0. The molecule has 0 radical (unpaired) electrons. The summed E-state index contributed by atoms with van der Waals surface area (Å²) in [5.74, 6) is 0.143. The molecule has 0 bridgehead atoms. The van der Waals surface area contributed by atoms with Crippen molar-refractivity contribution in [1.82, 2.24) is 9.80 Å². The highest BCUT2D eigenvalue weighted by Gasteiger charge is 2.30. The standard InChI is InChI=1S/C24H36N2O7/c1-6-30-19-13-18(14-20(31-7-2)22(19)32-8-3)23(28)25(5)16-21(27)26-12-10-11-17(15-26)24(29)33-9-4/h13-14,17H,6-12,15-16H2,1-5H3. The quantitative estimate of drug-likeness (QED) is 0.465. The molecule has 1 unspecified atom stereocenters. The molecule has 1 aromatic carbocycles. The lowest BCUT2D eigenvalue weighted by molar-refractivity contribution is -0.151. The van der Waals surface area contributed by atoms with Crippen LogP contribution in [0.3, 0.4) is 0 Å². The Kier molecular flexibility index (Phi) is 10.3. The van der Waals surface area contributed by atoms with Crippen LogP contribution < -0.4 is 14.2 Å². The minimum atomic E-state index is -0.341. The number of esters is 1. The highest BCUT2D eigenvalue weighted by Crippen LogP contribution is 2.39. The van der Waals surface area contributed by atoms with Crippen LogP contribution in [0, 0.1) is 5.92 Å².